The molecule has 0 amide bonds. The van der Waals surface area contributed by atoms with E-state index in [1.807, 2.05) is 6.07 Å². The van der Waals surface area contributed by atoms with Crippen LogP contribution in [0.15, 0.2) is 34.9 Å². The van der Waals surface area contributed by atoms with Crippen molar-refractivity contribution in [2.75, 3.05) is 13.1 Å². The zero-order chi connectivity index (χ0) is 16.4. The molecular weight excluding hydrogens is 349 g/mol. The van der Waals surface area contributed by atoms with Crippen LogP contribution >= 0.6 is 12.4 Å². The summed E-state index contributed by atoms with van der Waals surface area (Å²) in [4.78, 5) is 4.28. The number of hydrogen-bond donors (Lipinski definition) is 2. The Bertz CT molecular complexity index is 814. The molecular formula is C16H17ClFN5O2. The molecule has 1 fully saturated rings. The maximum absolute atomic E-state index is 12.8. The molecule has 9 heteroatoms. The Kier molecular flexibility index (Phi) is 5.30. The van der Waals surface area contributed by atoms with Gasteiger partial charge in [-0.3, -0.25) is 5.10 Å². The van der Waals surface area contributed by atoms with Gasteiger partial charge < -0.3 is 14.6 Å². The fourth-order valence-electron chi connectivity index (χ4n) is 2.67. The maximum Gasteiger partial charge on any atom is 0.278 e. The Balaban J connectivity index is 0.00000182. The molecule has 7 nitrogen and oxygen atoms in total. The first-order chi connectivity index (χ1) is 11.8. The second-order valence-corrected chi connectivity index (χ2v) is 5.66. The van der Waals surface area contributed by atoms with E-state index in [1.54, 1.807) is 12.1 Å². The second kappa shape index (κ2) is 7.62. The summed E-state index contributed by atoms with van der Waals surface area (Å²) in [5.74, 6) is 1.42. The summed E-state index contributed by atoms with van der Waals surface area (Å²) < 4.78 is 23.6. The highest BCUT2D eigenvalue weighted by Gasteiger charge is 2.20. The molecule has 1 aliphatic heterocycles. The first-order valence-corrected chi connectivity index (χ1v) is 7.75. The average Bonchev–Trinajstić information content (AvgIpc) is 3.33. The van der Waals surface area contributed by atoms with Crippen molar-refractivity contribution in [2.24, 2.45) is 0 Å². The minimum absolute atomic E-state index is 0. The van der Waals surface area contributed by atoms with Crippen LogP contribution in [0.2, 0.25) is 0 Å². The summed E-state index contributed by atoms with van der Waals surface area (Å²) in [7, 11) is 0. The number of nitrogens with zero attached hydrogens (tertiary/aromatic N) is 3. The first kappa shape index (κ1) is 17.4. The molecule has 25 heavy (non-hydrogen) atoms. The topological polar surface area (TPSA) is 88.9 Å². The van der Waals surface area contributed by atoms with Crippen LogP contribution in [0.5, 0.6) is 5.75 Å². The van der Waals surface area contributed by atoms with E-state index in [0.717, 1.165) is 25.2 Å². The van der Waals surface area contributed by atoms with Crippen molar-refractivity contribution < 1.29 is 13.7 Å². The lowest BCUT2D eigenvalue weighted by molar-refractivity contribution is 0.286. The van der Waals surface area contributed by atoms with Crippen LogP contribution < -0.4 is 10.1 Å². The molecule has 2 N–H and O–H groups in total. The molecule has 2 aromatic heterocycles. The van der Waals surface area contributed by atoms with Crippen molar-refractivity contribution in [3.05, 3.63) is 47.7 Å². The van der Waals surface area contributed by atoms with E-state index in [9.17, 15) is 4.39 Å². The van der Waals surface area contributed by atoms with Gasteiger partial charge in [0.05, 0.1) is 0 Å². The largest absolute Gasteiger partial charge is 0.485 e. The number of aromatic amines is 1. The van der Waals surface area contributed by atoms with E-state index >= 15 is 0 Å². The Morgan fingerprint density at radius 2 is 2.12 bits per heavy atom. The Morgan fingerprint density at radius 3 is 2.88 bits per heavy atom. The van der Waals surface area contributed by atoms with Crippen LogP contribution in [0.3, 0.4) is 0 Å². The van der Waals surface area contributed by atoms with Gasteiger partial charge in [-0.05, 0) is 43.3 Å². The number of benzene rings is 1. The van der Waals surface area contributed by atoms with Crippen molar-refractivity contribution >= 4 is 12.4 Å². The highest BCUT2D eigenvalue weighted by atomic mass is 35.5. The van der Waals surface area contributed by atoms with Gasteiger partial charge in [-0.1, -0.05) is 5.16 Å². The molecule has 1 atom stereocenters. The summed E-state index contributed by atoms with van der Waals surface area (Å²) in [6.45, 7) is 2.10. The van der Waals surface area contributed by atoms with Gasteiger partial charge in [0.2, 0.25) is 5.82 Å². The van der Waals surface area contributed by atoms with Gasteiger partial charge >= 0.3 is 0 Å². The SMILES string of the molecule is Cl.Fc1ccc(OCc2noc(-c3cc(C4CCNC4)[nH]n3)n2)cc1. The number of ether oxygens (including phenoxy) is 1. The molecule has 0 radical (unpaired) electrons. The number of halogens is 2. The number of hydrogen-bond acceptors (Lipinski definition) is 6. The number of H-pyrrole nitrogens is 1. The molecule has 1 saturated heterocycles. The molecule has 1 unspecified atom stereocenters. The molecule has 0 saturated carbocycles. The van der Waals surface area contributed by atoms with E-state index in [4.69, 9.17) is 9.26 Å². The van der Waals surface area contributed by atoms with Crippen LogP contribution in [0.1, 0.15) is 23.9 Å². The van der Waals surface area contributed by atoms with Crippen molar-refractivity contribution in [3.63, 3.8) is 0 Å². The normalized spacial score (nSPS) is 16.6. The van der Waals surface area contributed by atoms with Crippen molar-refractivity contribution in [2.45, 2.75) is 18.9 Å². The molecule has 1 aromatic carbocycles. The highest BCUT2D eigenvalue weighted by molar-refractivity contribution is 5.85. The quantitative estimate of drug-likeness (QED) is 0.722. The molecule has 4 rings (SSSR count). The fraction of sp³-hybridized carbons (Fsp3) is 0.312. The number of rotatable bonds is 5. The number of aromatic nitrogens is 4. The van der Waals surface area contributed by atoms with E-state index < -0.39 is 0 Å². The molecule has 132 valence electrons. The van der Waals surface area contributed by atoms with Gasteiger partial charge in [0.25, 0.3) is 5.89 Å². The third-order valence-corrected chi connectivity index (χ3v) is 3.97. The van der Waals surface area contributed by atoms with Crippen LogP contribution in [-0.4, -0.2) is 33.4 Å². The minimum Gasteiger partial charge on any atom is -0.485 e. The monoisotopic (exact) mass is 365 g/mol. The summed E-state index contributed by atoms with van der Waals surface area (Å²) >= 11 is 0. The third-order valence-electron chi connectivity index (χ3n) is 3.97. The zero-order valence-corrected chi connectivity index (χ0v) is 14.1. The average molecular weight is 366 g/mol. The molecule has 3 heterocycles. The fourth-order valence-corrected chi connectivity index (χ4v) is 2.67. The first-order valence-electron chi connectivity index (χ1n) is 7.75. The summed E-state index contributed by atoms with van der Waals surface area (Å²) in [5, 5.41) is 14.5. The predicted octanol–water partition coefficient (Wildman–Crippen LogP) is 2.68. The van der Waals surface area contributed by atoms with Gasteiger partial charge in [-0.15, -0.1) is 12.4 Å². The Morgan fingerprint density at radius 1 is 1.28 bits per heavy atom. The van der Waals surface area contributed by atoms with E-state index in [-0.39, 0.29) is 24.8 Å². The number of nitrogens with one attached hydrogen (secondary N) is 2. The maximum atomic E-state index is 12.8. The molecule has 1 aliphatic rings. The molecule has 3 aromatic rings. The lowest BCUT2D eigenvalue weighted by atomic mass is 10.1. The Hall–Kier alpha value is -2.45. The third kappa shape index (κ3) is 3.97. The van der Waals surface area contributed by atoms with Gasteiger partial charge in [-0.2, -0.15) is 10.1 Å². The minimum atomic E-state index is -0.309. The predicted molar refractivity (Wildman–Crippen MR) is 90.1 cm³/mol. The van der Waals surface area contributed by atoms with Gasteiger partial charge in [0, 0.05) is 18.2 Å². The van der Waals surface area contributed by atoms with Gasteiger partial charge in [0.15, 0.2) is 12.3 Å². The molecule has 0 bridgehead atoms. The summed E-state index contributed by atoms with van der Waals surface area (Å²) in [5.41, 5.74) is 1.69. The van der Waals surface area contributed by atoms with Crippen molar-refractivity contribution in [1.82, 2.24) is 25.7 Å². The Labute approximate surface area is 149 Å². The lowest BCUT2D eigenvalue weighted by Crippen LogP contribution is -2.08. The van der Waals surface area contributed by atoms with Crippen molar-refractivity contribution in [3.8, 4) is 17.3 Å². The lowest BCUT2D eigenvalue weighted by Gasteiger charge is -2.02. The van der Waals surface area contributed by atoms with Crippen molar-refractivity contribution in [1.29, 1.82) is 0 Å². The van der Waals surface area contributed by atoms with Gasteiger partial charge in [0.1, 0.15) is 11.6 Å². The standard InChI is InChI=1S/C16H16FN5O2.ClH/c17-11-1-3-12(4-2-11)23-9-15-19-16(24-22-15)14-7-13(20-21-14)10-5-6-18-8-10;/h1-4,7,10,18H,5-6,8-9H2,(H,20,21);1H. The van der Waals surface area contributed by atoms with Crippen LogP contribution in [0.25, 0.3) is 11.6 Å². The molecule has 0 aliphatic carbocycles. The van der Waals surface area contributed by atoms with Gasteiger partial charge in [-0.25, -0.2) is 4.39 Å². The smallest absolute Gasteiger partial charge is 0.278 e. The van der Waals surface area contributed by atoms with Crippen LogP contribution in [0, 0.1) is 5.82 Å². The second-order valence-electron chi connectivity index (χ2n) is 5.66. The van der Waals surface area contributed by atoms with E-state index in [1.165, 1.54) is 12.1 Å². The van der Waals surface area contributed by atoms with Crippen LogP contribution in [0.4, 0.5) is 4.39 Å². The van der Waals surface area contributed by atoms with E-state index in [0.29, 0.717) is 29.1 Å². The molecule has 0 spiro atoms. The van der Waals surface area contributed by atoms with Crippen LogP contribution in [-0.2, 0) is 6.61 Å². The zero-order valence-electron chi connectivity index (χ0n) is 13.2. The summed E-state index contributed by atoms with van der Waals surface area (Å²) in [6, 6.07) is 7.70. The van der Waals surface area contributed by atoms with E-state index in [2.05, 4.69) is 25.7 Å². The summed E-state index contributed by atoms with van der Waals surface area (Å²) in [6.07, 6.45) is 1.09. The highest BCUT2D eigenvalue weighted by Crippen LogP contribution is 2.24.